The van der Waals surface area contributed by atoms with Crippen LogP contribution in [0.15, 0.2) is 17.5 Å². The summed E-state index contributed by atoms with van der Waals surface area (Å²) in [7, 11) is 0. The van der Waals surface area contributed by atoms with Crippen LogP contribution in [0.25, 0.3) is 0 Å². The van der Waals surface area contributed by atoms with Crippen LogP contribution in [0.5, 0.6) is 0 Å². The van der Waals surface area contributed by atoms with Gasteiger partial charge >= 0.3 is 0 Å². The van der Waals surface area contributed by atoms with E-state index in [0.717, 1.165) is 0 Å². The first-order valence-electron chi connectivity index (χ1n) is 5.26. The van der Waals surface area contributed by atoms with Crippen LogP contribution in [0.4, 0.5) is 0 Å². The standard InChI is InChI=1S/C11H15N3O2S2/c1-11(2,3)9(16)12-10(17)14-13-8(15)7-5-4-6-18-7/h4-6H,1-3H3,(H,13,15)(H2,12,14,16,17). The van der Waals surface area contributed by atoms with Gasteiger partial charge in [-0.05, 0) is 23.7 Å². The van der Waals surface area contributed by atoms with Gasteiger partial charge in [0, 0.05) is 5.41 Å². The number of thiocarbonyl (C=S) groups is 1. The molecule has 18 heavy (non-hydrogen) atoms. The van der Waals surface area contributed by atoms with Crippen LogP contribution in [0, 0.1) is 5.41 Å². The van der Waals surface area contributed by atoms with Gasteiger partial charge in [0.15, 0.2) is 5.11 Å². The molecule has 0 saturated heterocycles. The molecule has 0 aliphatic carbocycles. The van der Waals surface area contributed by atoms with E-state index in [0.29, 0.717) is 4.88 Å². The molecule has 1 aromatic heterocycles. The third-order valence-electron chi connectivity index (χ3n) is 1.94. The molecule has 0 atom stereocenters. The molecule has 0 radical (unpaired) electrons. The highest BCUT2D eigenvalue weighted by molar-refractivity contribution is 7.80. The summed E-state index contributed by atoms with van der Waals surface area (Å²) >= 11 is 6.21. The predicted octanol–water partition coefficient (Wildman–Crippen LogP) is 1.43. The Morgan fingerprint density at radius 1 is 1.28 bits per heavy atom. The molecule has 2 amide bonds. The van der Waals surface area contributed by atoms with Gasteiger partial charge < -0.3 is 5.32 Å². The van der Waals surface area contributed by atoms with E-state index in [1.807, 2.05) is 0 Å². The lowest BCUT2D eigenvalue weighted by Gasteiger charge is -2.18. The third-order valence-corrected chi connectivity index (χ3v) is 3.02. The molecular weight excluding hydrogens is 270 g/mol. The highest BCUT2D eigenvalue weighted by atomic mass is 32.1. The van der Waals surface area contributed by atoms with Crippen molar-refractivity contribution in [2.75, 3.05) is 0 Å². The lowest BCUT2D eigenvalue weighted by Crippen LogP contribution is -2.50. The zero-order valence-electron chi connectivity index (χ0n) is 10.4. The Labute approximate surface area is 115 Å². The van der Waals surface area contributed by atoms with Crippen molar-refractivity contribution in [3.63, 3.8) is 0 Å². The maximum absolute atomic E-state index is 11.6. The summed E-state index contributed by atoms with van der Waals surface area (Å²) in [5.41, 5.74) is 4.35. The number of carbonyl (C=O) groups excluding carboxylic acids is 2. The van der Waals surface area contributed by atoms with Crippen LogP contribution in [-0.2, 0) is 4.79 Å². The number of carbonyl (C=O) groups is 2. The molecule has 1 aromatic rings. The smallest absolute Gasteiger partial charge is 0.279 e. The highest BCUT2D eigenvalue weighted by Gasteiger charge is 2.22. The summed E-state index contributed by atoms with van der Waals surface area (Å²) in [5, 5.41) is 4.36. The monoisotopic (exact) mass is 285 g/mol. The molecule has 0 fully saturated rings. The average molecular weight is 285 g/mol. The highest BCUT2D eigenvalue weighted by Crippen LogP contribution is 2.12. The second kappa shape index (κ2) is 5.92. The van der Waals surface area contributed by atoms with Gasteiger partial charge in [-0.2, -0.15) is 0 Å². The first-order valence-corrected chi connectivity index (χ1v) is 6.55. The summed E-state index contributed by atoms with van der Waals surface area (Å²) in [6.45, 7) is 5.32. The van der Waals surface area contributed by atoms with E-state index in [1.54, 1.807) is 38.3 Å². The molecule has 1 rings (SSSR count). The lowest BCUT2D eigenvalue weighted by atomic mass is 9.96. The molecule has 3 N–H and O–H groups in total. The minimum Gasteiger partial charge on any atom is -0.301 e. The predicted molar refractivity (Wildman–Crippen MR) is 75.1 cm³/mol. The number of thiophene rings is 1. The van der Waals surface area contributed by atoms with Crippen molar-refractivity contribution in [2.24, 2.45) is 5.41 Å². The van der Waals surface area contributed by atoms with Gasteiger partial charge in [0.25, 0.3) is 5.91 Å². The van der Waals surface area contributed by atoms with Gasteiger partial charge in [-0.25, -0.2) is 0 Å². The van der Waals surface area contributed by atoms with Crippen LogP contribution >= 0.6 is 23.6 Å². The minimum absolute atomic E-state index is 0.0693. The molecule has 0 bridgehead atoms. The Hall–Kier alpha value is -1.47. The zero-order chi connectivity index (χ0) is 13.8. The average Bonchev–Trinajstić information content (AvgIpc) is 2.77. The Balaban J connectivity index is 2.38. The van der Waals surface area contributed by atoms with Crippen LogP contribution in [0.2, 0.25) is 0 Å². The van der Waals surface area contributed by atoms with E-state index in [-0.39, 0.29) is 16.9 Å². The number of hydrogen-bond acceptors (Lipinski definition) is 4. The Morgan fingerprint density at radius 2 is 1.94 bits per heavy atom. The van der Waals surface area contributed by atoms with Crippen molar-refractivity contribution >= 4 is 40.5 Å². The van der Waals surface area contributed by atoms with Crippen LogP contribution in [0.1, 0.15) is 30.4 Å². The zero-order valence-corrected chi connectivity index (χ0v) is 12.0. The van der Waals surface area contributed by atoms with E-state index in [2.05, 4.69) is 16.2 Å². The summed E-state index contributed by atoms with van der Waals surface area (Å²) in [5.74, 6) is -0.511. The Kier molecular flexibility index (Phi) is 4.80. The lowest BCUT2D eigenvalue weighted by molar-refractivity contribution is -0.126. The fourth-order valence-corrected chi connectivity index (χ4v) is 1.67. The molecule has 1 heterocycles. The normalized spacial score (nSPS) is 10.6. The summed E-state index contributed by atoms with van der Waals surface area (Å²) < 4.78 is 0. The van der Waals surface area contributed by atoms with Crippen molar-refractivity contribution < 1.29 is 9.59 Å². The Bertz CT molecular complexity index is 449. The van der Waals surface area contributed by atoms with Gasteiger partial charge in [0.2, 0.25) is 5.91 Å². The quantitative estimate of drug-likeness (QED) is 0.539. The van der Waals surface area contributed by atoms with E-state index < -0.39 is 5.41 Å². The molecule has 98 valence electrons. The number of amides is 2. The molecule has 0 saturated carbocycles. The largest absolute Gasteiger partial charge is 0.301 e. The first-order chi connectivity index (χ1) is 8.30. The van der Waals surface area contributed by atoms with Gasteiger partial charge in [-0.1, -0.05) is 26.8 Å². The van der Waals surface area contributed by atoms with Crippen LogP contribution in [0.3, 0.4) is 0 Å². The second-order valence-corrected chi connectivity index (χ2v) is 5.95. The summed E-state index contributed by atoms with van der Waals surface area (Å²) in [6.07, 6.45) is 0. The fourth-order valence-electron chi connectivity index (χ4n) is 0.905. The van der Waals surface area contributed by atoms with Crippen molar-refractivity contribution in [2.45, 2.75) is 20.8 Å². The topological polar surface area (TPSA) is 70.2 Å². The van der Waals surface area contributed by atoms with Gasteiger partial charge in [-0.3, -0.25) is 20.4 Å². The number of hydrazine groups is 1. The number of rotatable bonds is 1. The van der Waals surface area contributed by atoms with E-state index in [4.69, 9.17) is 12.2 Å². The maximum atomic E-state index is 11.6. The molecule has 0 aromatic carbocycles. The molecule has 0 aliphatic heterocycles. The van der Waals surface area contributed by atoms with Crippen molar-refractivity contribution in [1.29, 1.82) is 0 Å². The fraction of sp³-hybridized carbons (Fsp3) is 0.364. The van der Waals surface area contributed by atoms with Gasteiger partial charge in [0.05, 0.1) is 4.88 Å². The second-order valence-electron chi connectivity index (χ2n) is 4.59. The van der Waals surface area contributed by atoms with Gasteiger partial charge in [0.1, 0.15) is 0 Å². The minimum atomic E-state index is -0.538. The van der Waals surface area contributed by atoms with E-state index in [1.165, 1.54) is 11.3 Å². The van der Waals surface area contributed by atoms with Crippen LogP contribution in [-0.4, -0.2) is 16.9 Å². The summed E-state index contributed by atoms with van der Waals surface area (Å²) in [4.78, 5) is 23.7. The van der Waals surface area contributed by atoms with Crippen molar-refractivity contribution in [3.05, 3.63) is 22.4 Å². The Morgan fingerprint density at radius 3 is 2.44 bits per heavy atom. The van der Waals surface area contributed by atoms with Crippen LogP contribution < -0.4 is 16.2 Å². The first kappa shape index (κ1) is 14.6. The van der Waals surface area contributed by atoms with E-state index in [9.17, 15) is 9.59 Å². The third kappa shape index (κ3) is 4.42. The summed E-state index contributed by atoms with van der Waals surface area (Å²) in [6, 6.07) is 3.47. The van der Waals surface area contributed by atoms with Crippen molar-refractivity contribution in [1.82, 2.24) is 16.2 Å². The maximum Gasteiger partial charge on any atom is 0.279 e. The number of nitrogens with one attached hydrogen (secondary N) is 3. The van der Waals surface area contributed by atoms with E-state index >= 15 is 0 Å². The molecule has 0 aliphatic rings. The molecule has 0 unspecified atom stereocenters. The van der Waals surface area contributed by atoms with Gasteiger partial charge in [-0.15, -0.1) is 11.3 Å². The number of hydrogen-bond donors (Lipinski definition) is 3. The SMILES string of the molecule is CC(C)(C)C(=O)NC(=S)NNC(=O)c1cccs1. The molecule has 5 nitrogen and oxygen atoms in total. The molecular formula is C11H15N3O2S2. The molecule has 0 spiro atoms. The molecule has 7 heteroatoms. The van der Waals surface area contributed by atoms with Crippen molar-refractivity contribution in [3.8, 4) is 0 Å².